The summed E-state index contributed by atoms with van der Waals surface area (Å²) in [5.74, 6) is 0.466. The molecule has 24 heavy (non-hydrogen) atoms. The van der Waals surface area contributed by atoms with Crippen LogP contribution in [0.3, 0.4) is 0 Å². The molecular formula is C15H12ClFN6O. The first-order valence-electron chi connectivity index (χ1n) is 7.32. The maximum Gasteiger partial charge on any atom is 0.220 e. The van der Waals surface area contributed by atoms with E-state index in [1.165, 1.54) is 23.1 Å². The number of aromatic nitrogens is 5. The molecule has 1 fully saturated rings. The number of halogens is 2. The number of amides is 1. The summed E-state index contributed by atoms with van der Waals surface area (Å²) in [6, 6.07) is 4.45. The molecule has 3 heterocycles. The van der Waals surface area contributed by atoms with Crippen LogP contribution in [0.4, 0.5) is 4.39 Å². The summed E-state index contributed by atoms with van der Waals surface area (Å²) in [7, 11) is 0. The minimum atomic E-state index is -0.465. The predicted molar refractivity (Wildman–Crippen MR) is 84.0 cm³/mol. The molecule has 4 rings (SSSR count). The fourth-order valence-corrected chi connectivity index (χ4v) is 2.78. The zero-order chi connectivity index (χ0) is 16.7. The normalized spacial score (nSPS) is 17.2. The van der Waals surface area contributed by atoms with E-state index in [0.717, 1.165) is 0 Å². The molecule has 2 aromatic heterocycles. The van der Waals surface area contributed by atoms with Gasteiger partial charge in [-0.1, -0.05) is 11.6 Å². The molecule has 7 nitrogen and oxygen atoms in total. The second kappa shape index (κ2) is 5.72. The van der Waals surface area contributed by atoms with E-state index in [-0.39, 0.29) is 17.6 Å². The molecule has 1 unspecified atom stereocenters. The molecule has 0 radical (unpaired) electrons. The van der Waals surface area contributed by atoms with Gasteiger partial charge in [0.15, 0.2) is 5.82 Å². The molecule has 0 bridgehead atoms. The summed E-state index contributed by atoms with van der Waals surface area (Å²) >= 11 is 5.81. The van der Waals surface area contributed by atoms with Crippen LogP contribution in [0.25, 0.3) is 17.1 Å². The van der Waals surface area contributed by atoms with Crippen molar-refractivity contribution in [2.75, 3.05) is 0 Å². The molecular weight excluding hydrogens is 335 g/mol. The van der Waals surface area contributed by atoms with E-state index in [4.69, 9.17) is 11.6 Å². The molecule has 0 spiro atoms. The Balaban J connectivity index is 1.62. The number of rotatable bonds is 3. The number of nitrogens with zero attached hydrogens (tertiary/aromatic N) is 4. The lowest BCUT2D eigenvalue weighted by Crippen LogP contribution is -2.19. The average Bonchev–Trinajstić information content (AvgIpc) is 3.27. The van der Waals surface area contributed by atoms with Crippen molar-refractivity contribution in [1.29, 1.82) is 0 Å². The standard InChI is InChI=1S/C15H12ClFN6O/c16-9-6-18-23(7-9)12-3-1-8(5-10(12)17)14-20-15(22-21-14)11-2-4-13(24)19-11/h1,3,5-7,11H,2,4H2,(H,19,24)(H,20,21,22). The van der Waals surface area contributed by atoms with Gasteiger partial charge in [0, 0.05) is 18.2 Å². The highest BCUT2D eigenvalue weighted by molar-refractivity contribution is 6.30. The minimum absolute atomic E-state index is 0.00812. The number of hydrogen-bond acceptors (Lipinski definition) is 4. The van der Waals surface area contributed by atoms with Crippen LogP contribution in [-0.4, -0.2) is 30.9 Å². The number of aromatic amines is 1. The molecule has 1 atom stereocenters. The van der Waals surface area contributed by atoms with E-state index in [1.807, 2.05) is 0 Å². The van der Waals surface area contributed by atoms with Crippen molar-refractivity contribution in [3.8, 4) is 17.1 Å². The summed E-state index contributed by atoms with van der Waals surface area (Å²) in [5, 5.41) is 14.1. The van der Waals surface area contributed by atoms with Crippen LogP contribution in [-0.2, 0) is 4.79 Å². The van der Waals surface area contributed by atoms with Crippen LogP contribution in [0.2, 0.25) is 5.02 Å². The maximum atomic E-state index is 14.4. The third-order valence-corrected chi connectivity index (χ3v) is 4.03. The highest BCUT2D eigenvalue weighted by atomic mass is 35.5. The van der Waals surface area contributed by atoms with Gasteiger partial charge in [-0.2, -0.15) is 10.2 Å². The molecule has 122 valence electrons. The van der Waals surface area contributed by atoms with Crippen LogP contribution in [0.5, 0.6) is 0 Å². The Morgan fingerprint density at radius 3 is 2.92 bits per heavy atom. The van der Waals surface area contributed by atoms with Crippen LogP contribution < -0.4 is 5.32 Å². The Hall–Kier alpha value is -2.74. The van der Waals surface area contributed by atoms with Gasteiger partial charge in [-0.15, -0.1) is 0 Å². The van der Waals surface area contributed by atoms with E-state index >= 15 is 0 Å². The Labute approximate surface area is 140 Å². The lowest BCUT2D eigenvalue weighted by atomic mass is 10.2. The number of carbonyl (C=O) groups is 1. The van der Waals surface area contributed by atoms with Gasteiger partial charge in [-0.25, -0.2) is 14.1 Å². The summed E-state index contributed by atoms with van der Waals surface area (Å²) < 4.78 is 15.7. The highest BCUT2D eigenvalue weighted by Crippen LogP contribution is 2.25. The van der Waals surface area contributed by atoms with Crippen LogP contribution in [0, 0.1) is 5.82 Å². The van der Waals surface area contributed by atoms with Gasteiger partial charge in [0.25, 0.3) is 0 Å². The first-order valence-corrected chi connectivity index (χ1v) is 7.70. The zero-order valence-corrected chi connectivity index (χ0v) is 13.1. The monoisotopic (exact) mass is 346 g/mol. The lowest BCUT2D eigenvalue weighted by molar-refractivity contribution is -0.119. The Kier molecular flexibility index (Phi) is 3.53. The van der Waals surface area contributed by atoms with E-state index < -0.39 is 5.82 Å². The van der Waals surface area contributed by atoms with Gasteiger partial charge in [-0.3, -0.25) is 9.89 Å². The van der Waals surface area contributed by atoms with Crippen molar-refractivity contribution in [3.63, 3.8) is 0 Å². The van der Waals surface area contributed by atoms with E-state index in [0.29, 0.717) is 35.1 Å². The second-order valence-electron chi connectivity index (χ2n) is 5.47. The van der Waals surface area contributed by atoms with Crippen molar-refractivity contribution in [2.45, 2.75) is 18.9 Å². The minimum Gasteiger partial charge on any atom is -0.346 e. The summed E-state index contributed by atoms with van der Waals surface area (Å²) in [5.41, 5.74) is 0.811. The first kappa shape index (κ1) is 14.8. The fraction of sp³-hybridized carbons (Fsp3) is 0.200. The molecule has 3 aromatic rings. The van der Waals surface area contributed by atoms with E-state index in [1.54, 1.807) is 12.1 Å². The smallest absolute Gasteiger partial charge is 0.220 e. The Morgan fingerprint density at radius 1 is 1.38 bits per heavy atom. The van der Waals surface area contributed by atoms with Gasteiger partial charge in [0.1, 0.15) is 17.3 Å². The third-order valence-electron chi connectivity index (χ3n) is 3.83. The molecule has 1 aliphatic rings. The number of nitrogens with one attached hydrogen (secondary N) is 2. The first-order chi connectivity index (χ1) is 11.6. The van der Waals surface area contributed by atoms with Gasteiger partial charge in [0.2, 0.25) is 5.91 Å². The largest absolute Gasteiger partial charge is 0.346 e. The van der Waals surface area contributed by atoms with Crippen molar-refractivity contribution >= 4 is 17.5 Å². The maximum absolute atomic E-state index is 14.4. The van der Waals surface area contributed by atoms with Crippen molar-refractivity contribution in [2.24, 2.45) is 0 Å². The lowest BCUT2D eigenvalue weighted by Gasteiger charge is -2.05. The second-order valence-corrected chi connectivity index (χ2v) is 5.91. The molecule has 0 aliphatic carbocycles. The van der Waals surface area contributed by atoms with Crippen molar-refractivity contribution in [3.05, 3.63) is 47.3 Å². The number of carbonyl (C=O) groups excluding carboxylic acids is 1. The number of benzene rings is 1. The quantitative estimate of drug-likeness (QED) is 0.762. The molecule has 1 aliphatic heterocycles. The number of hydrogen-bond donors (Lipinski definition) is 2. The third kappa shape index (κ3) is 2.65. The van der Waals surface area contributed by atoms with E-state index in [2.05, 4.69) is 25.6 Å². The van der Waals surface area contributed by atoms with Crippen LogP contribution >= 0.6 is 11.6 Å². The van der Waals surface area contributed by atoms with Crippen molar-refractivity contribution < 1.29 is 9.18 Å². The average molecular weight is 347 g/mol. The van der Waals surface area contributed by atoms with Crippen molar-refractivity contribution in [1.82, 2.24) is 30.3 Å². The Morgan fingerprint density at radius 2 is 2.25 bits per heavy atom. The van der Waals surface area contributed by atoms with Gasteiger partial charge < -0.3 is 5.32 Å². The van der Waals surface area contributed by atoms with Gasteiger partial charge in [0.05, 0.1) is 17.3 Å². The van der Waals surface area contributed by atoms with Crippen LogP contribution in [0.1, 0.15) is 24.7 Å². The fourth-order valence-electron chi connectivity index (χ4n) is 2.64. The highest BCUT2D eigenvalue weighted by Gasteiger charge is 2.25. The summed E-state index contributed by atoms with van der Waals surface area (Å²) in [6.45, 7) is 0. The topological polar surface area (TPSA) is 88.5 Å². The molecule has 2 N–H and O–H groups in total. The van der Waals surface area contributed by atoms with Gasteiger partial charge >= 0.3 is 0 Å². The SMILES string of the molecule is O=C1CCC(c2nc(-c3ccc(-n4cc(Cl)cn4)c(F)c3)n[nH]2)N1. The molecule has 1 amide bonds. The summed E-state index contributed by atoms with van der Waals surface area (Å²) in [6.07, 6.45) is 4.09. The Bertz CT molecular complexity index is 920. The molecule has 1 aromatic carbocycles. The van der Waals surface area contributed by atoms with E-state index in [9.17, 15) is 9.18 Å². The molecule has 0 saturated carbocycles. The number of H-pyrrole nitrogens is 1. The van der Waals surface area contributed by atoms with Crippen LogP contribution in [0.15, 0.2) is 30.6 Å². The zero-order valence-electron chi connectivity index (χ0n) is 12.3. The summed E-state index contributed by atoms with van der Waals surface area (Å²) in [4.78, 5) is 15.6. The van der Waals surface area contributed by atoms with Gasteiger partial charge in [-0.05, 0) is 24.6 Å². The molecule has 1 saturated heterocycles. The molecule has 9 heteroatoms. The predicted octanol–water partition coefficient (Wildman–Crippen LogP) is 2.40.